The largest absolute Gasteiger partial charge is 0.390 e. The summed E-state index contributed by atoms with van der Waals surface area (Å²) in [7, 11) is 0. The maximum Gasteiger partial charge on any atom is 0.256 e. The van der Waals surface area contributed by atoms with Crippen LogP contribution in [-0.2, 0) is 0 Å². The number of fused-ring (bicyclic) bond motifs is 1. The second-order valence-electron chi connectivity index (χ2n) is 5.89. The first kappa shape index (κ1) is 13.8. The van der Waals surface area contributed by atoms with E-state index < -0.39 is 5.60 Å². The standard InChI is InChI=1S/C16H19N3O2/c1-16(21)6-8-19(9-7-16)15(20)13-10-18-14(17)12-5-3-2-4-11(12)13/h2-5,10,21H,6-9H2,1H3,(H2,17,18). The van der Waals surface area contributed by atoms with Gasteiger partial charge in [0.05, 0.1) is 11.2 Å². The molecule has 0 atom stereocenters. The highest BCUT2D eigenvalue weighted by atomic mass is 16.3. The quantitative estimate of drug-likeness (QED) is 0.837. The molecule has 0 unspecified atom stereocenters. The number of amides is 1. The van der Waals surface area contributed by atoms with E-state index in [0.29, 0.717) is 37.3 Å². The minimum absolute atomic E-state index is 0.0470. The summed E-state index contributed by atoms with van der Waals surface area (Å²) in [5.41, 5.74) is 5.77. The Labute approximate surface area is 123 Å². The summed E-state index contributed by atoms with van der Waals surface area (Å²) in [6, 6.07) is 7.53. The number of nitrogen functional groups attached to an aromatic ring is 1. The van der Waals surface area contributed by atoms with Gasteiger partial charge in [0.2, 0.25) is 0 Å². The molecule has 5 heteroatoms. The molecule has 3 N–H and O–H groups in total. The lowest BCUT2D eigenvalue weighted by atomic mass is 9.93. The topological polar surface area (TPSA) is 79.5 Å². The molecule has 0 spiro atoms. The first-order chi connectivity index (χ1) is 9.98. The van der Waals surface area contributed by atoms with Gasteiger partial charge in [-0.25, -0.2) is 4.98 Å². The van der Waals surface area contributed by atoms with Crippen molar-refractivity contribution in [2.45, 2.75) is 25.4 Å². The molecule has 0 saturated carbocycles. The fourth-order valence-corrected chi connectivity index (χ4v) is 2.75. The average molecular weight is 285 g/mol. The van der Waals surface area contributed by atoms with Crippen molar-refractivity contribution in [3.63, 3.8) is 0 Å². The number of benzene rings is 1. The van der Waals surface area contributed by atoms with Crippen LogP contribution in [0, 0.1) is 0 Å². The highest BCUT2D eigenvalue weighted by Crippen LogP contribution is 2.26. The average Bonchev–Trinajstić information content (AvgIpc) is 2.47. The molecule has 1 fully saturated rings. The molecule has 0 bridgehead atoms. The van der Waals surface area contributed by atoms with Crippen LogP contribution in [0.2, 0.25) is 0 Å². The van der Waals surface area contributed by atoms with Gasteiger partial charge in [-0.15, -0.1) is 0 Å². The highest BCUT2D eigenvalue weighted by molar-refractivity contribution is 6.08. The van der Waals surface area contributed by atoms with Crippen LogP contribution in [0.1, 0.15) is 30.1 Å². The van der Waals surface area contributed by atoms with E-state index in [0.717, 1.165) is 10.8 Å². The Morgan fingerprint density at radius 1 is 1.29 bits per heavy atom. The minimum atomic E-state index is -0.668. The molecule has 1 aromatic heterocycles. The van der Waals surface area contributed by atoms with E-state index in [1.807, 2.05) is 31.2 Å². The number of carbonyl (C=O) groups excluding carboxylic acids is 1. The van der Waals surface area contributed by atoms with Crippen LogP contribution < -0.4 is 5.73 Å². The Hall–Kier alpha value is -2.14. The number of aliphatic hydroxyl groups is 1. The summed E-state index contributed by atoms with van der Waals surface area (Å²) >= 11 is 0. The fourth-order valence-electron chi connectivity index (χ4n) is 2.75. The number of hydrogen-bond acceptors (Lipinski definition) is 4. The predicted octanol–water partition coefficient (Wildman–Crippen LogP) is 1.80. The third kappa shape index (κ3) is 2.56. The number of carbonyl (C=O) groups is 1. The van der Waals surface area contributed by atoms with E-state index in [1.54, 1.807) is 11.1 Å². The van der Waals surface area contributed by atoms with Crippen molar-refractivity contribution in [2.24, 2.45) is 0 Å². The second kappa shape index (κ2) is 5.00. The predicted molar refractivity (Wildman–Crippen MR) is 81.9 cm³/mol. The molecule has 3 rings (SSSR count). The summed E-state index contributed by atoms with van der Waals surface area (Å²) in [5.74, 6) is 0.387. The molecule has 1 amide bonds. The van der Waals surface area contributed by atoms with Crippen LogP contribution in [-0.4, -0.2) is 39.6 Å². The first-order valence-electron chi connectivity index (χ1n) is 7.13. The number of anilines is 1. The van der Waals surface area contributed by atoms with Crippen LogP contribution >= 0.6 is 0 Å². The van der Waals surface area contributed by atoms with E-state index in [2.05, 4.69) is 4.98 Å². The maximum atomic E-state index is 12.7. The molecule has 0 aliphatic carbocycles. The molecule has 1 aliphatic heterocycles. The Morgan fingerprint density at radius 3 is 2.57 bits per heavy atom. The van der Waals surface area contributed by atoms with Crippen LogP contribution in [0.3, 0.4) is 0 Å². The molecule has 1 aliphatic rings. The highest BCUT2D eigenvalue weighted by Gasteiger charge is 2.30. The van der Waals surface area contributed by atoms with Gasteiger partial charge in [0, 0.05) is 24.7 Å². The first-order valence-corrected chi connectivity index (χ1v) is 7.13. The zero-order valence-electron chi connectivity index (χ0n) is 12.0. The van der Waals surface area contributed by atoms with Gasteiger partial charge in [-0.3, -0.25) is 4.79 Å². The van der Waals surface area contributed by atoms with Crippen LogP contribution in [0.25, 0.3) is 10.8 Å². The van der Waals surface area contributed by atoms with Gasteiger partial charge < -0.3 is 15.7 Å². The minimum Gasteiger partial charge on any atom is -0.390 e. The smallest absolute Gasteiger partial charge is 0.256 e. The summed E-state index contributed by atoms with van der Waals surface area (Å²) in [6.07, 6.45) is 2.74. The molecule has 0 radical (unpaired) electrons. The van der Waals surface area contributed by atoms with Crippen LogP contribution in [0.4, 0.5) is 5.82 Å². The van der Waals surface area contributed by atoms with Crippen molar-refractivity contribution in [1.29, 1.82) is 0 Å². The number of aromatic nitrogens is 1. The van der Waals surface area contributed by atoms with E-state index in [-0.39, 0.29) is 5.91 Å². The van der Waals surface area contributed by atoms with Gasteiger partial charge >= 0.3 is 0 Å². The lowest BCUT2D eigenvalue weighted by Gasteiger charge is -2.35. The van der Waals surface area contributed by atoms with Gasteiger partial charge in [0.1, 0.15) is 5.82 Å². The molecular formula is C16H19N3O2. The third-order valence-corrected chi connectivity index (χ3v) is 4.18. The zero-order chi connectivity index (χ0) is 15.0. The third-order valence-electron chi connectivity index (χ3n) is 4.18. The van der Waals surface area contributed by atoms with Crippen LogP contribution in [0.5, 0.6) is 0 Å². The van der Waals surface area contributed by atoms with E-state index in [4.69, 9.17) is 5.73 Å². The zero-order valence-corrected chi connectivity index (χ0v) is 12.0. The van der Waals surface area contributed by atoms with Gasteiger partial charge in [0.15, 0.2) is 0 Å². The Balaban J connectivity index is 1.94. The number of piperidine rings is 1. The van der Waals surface area contributed by atoms with E-state index in [1.165, 1.54) is 0 Å². The molecular weight excluding hydrogens is 266 g/mol. The van der Waals surface area contributed by atoms with Gasteiger partial charge in [-0.2, -0.15) is 0 Å². The Kier molecular flexibility index (Phi) is 3.29. The molecule has 1 aromatic carbocycles. The maximum absolute atomic E-state index is 12.7. The van der Waals surface area contributed by atoms with Gasteiger partial charge in [0.25, 0.3) is 5.91 Å². The van der Waals surface area contributed by atoms with Crippen molar-refractivity contribution in [2.75, 3.05) is 18.8 Å². The van der Waals surface area contributed by atoms with Crippen LogP contribution in [0.15, 0.2) is 30.5 Å². The van der Waals surface area contributed by atoms with Gasteiger partial charge in [-0.1, -0.05) is 24.3 Å². The summed E-state index contributed by atoms with van der Waals surface area (Å²) in [6.45, 7) is 2.93. The number of pyridine rings is 1. The fraction of sp³-hybridized carbons (Fsp3) is 0.375. The van der Waals surface area contributed by atoms with Crippen molar-refractivity contribution in [3.05, 3.63) is 36.0 Å². The number of rotatable bonds is 1. The second-order valence-corrected chi connectivity index (χ2v) is 5.89. The monoisotopic (exact) mass is 285 g/mol. The lowest BCUT2D eigenvalue weighted by Crippen LogP contribution is -2.45. The molecule has 21 heavy (non-hydrogen) atoms. The van der Waals surface area contributed by atoms with Crippen molar-refractivity contribution in [3.8, 4) is 0 Å². The number of nitrogens with two attached hydrogens (primary N) is 1. The van der Waals surface area contributed by atoms with E-state index >= 15 is 0 Å². The lowest BCUT2D eigenvalue weighted by molar-refractivity contribution is -0.00197. The van der Waals surface area contributed by atoms with Crippen molar-refractivity contribution < 1.29 is 9.90 Å². The molecule has 2 aromatic rings. The normalized spacial score (nSPS) is 17.9. The molecule has 1 saturated heterocycles. The van der Waals surface area contributed by atoms with E-state index in [9.17, 15) is 9.90 Å². The molecule has 110 valence electrons. The Morgan fingerprint density at radius 2 is 1.90 bits per heavy atom. The Bertz CT molecular complexity index is 687. The number of hydrogen-bond donors (Lipinski definition) is 2. The number of nitrogens with zero attached hydrogens (tertiary/aromatic N) is 2. The summed E-state index contributed by atoms with van der Waals surface area (Å²) in [4.78, 5) is 18.6. The van der Waals surface area contributed by atoms with Crippen molar-refractivity contribution >= 4 is 22.5 Å². The summed E-state index contributed by atoms with van der Waals surface area (Å²) < 4.78 is 0. The summed E-state index contributed by atoms with van der Waals surface area (Å²) in [5, 5.41) is 11.6. The van der Waals surface area contributed by atoms with Gasteiger partial charge in [-0.05, 0) is 25.2 Å². The SMILES string of the molecule is CC1(O)CCN(C(=O)c2cnc(N)c3ccccc23)CC1. The molecule has 2 heterocycles. The number of likely N-dealkylation sites (tertiary alicyclic amines) is 1. The van der Waals surface area contributed by atoms with Crippen molar-refractivity contribution in [1.82, 2.24) is 9.88 Å². The molecule has 5 nitrogen and oxygen atoms in total.